The van der Waals surface area contributed by atoms with Gasteiger partial charge in [-0.3, -0.25) is 0 Å². The fourth-order valence-corrected chi connectivity index (χ4v) is 4.01. The van der Waals surface area contributed by atoms with Crippen LogP contribution in [0.3, 0.4) is 0 Å². The van der Waals surface area contributed by atoms with E-state index in [4.69, 9.17) is 0 Å². The maximum absolute atomic E-state index is 10.1. The van der Waals surface area contributed by atoms with E-state index >= 15 is 0 Å². The minimum Gasteiger partial charge on any atom is -0.508 e. The lowest BCUT2D eigenvalue weighted by Crippen LogP contribution is -2.19. The summed E-state index contributed by atoms with van der Waals surface area (Å²) in [4.78, 5) is 0. The Hall–Kier alpha value is -1.50. The molecule has 1 aromatic carbocycles. The van der Waals surface area contributed by atoms with Gasteiger partial charge in [0.15, 0.2) is 0 Å². The average molecular weight is 312 g/mol. The van der Waals surface area contributed by atoms with Gasteiger partial charge in [0.1, 0.15) is 5.75 Å². The third kappa shape index (κ3) is 4.28. The van der Waals surface area contributed by atoms with Gasteiger partial charge in [-0.15, -0.1) is 0 Å². The SMILES string of the molecule is C=C(C)C1CCC(C)=C[C@H]1c1c(C)cc(O)cc1CCCCC. The van der Waals surface area contributed by atoms with Gasteiger partial charge in [-0.2, -0.15) is 0 Å². The molecule has 1 nitrogen and oxygen atoms in total. The lowest BCUT2D eigenvalue weighted by atomic mass is 9.72. The van der Waals surface area contributed by atoms with Crippen LogP contribution in [0.25, 0.3) is 0 Å². The predicted octanol–water partition coefficient (Wildman–Crippen LogP) is 6.45. The maximum atomic E-state index is 10.1. The number of rotatable bonds is 6. The Morgan fingerprint density at radius 2 is 2.00 bits per heavy atom. The molecule has 0 radical (unpaired) electrons. The smallest absolute Gasteiger partial charge is 0.116 e. The Morgan fingerprint density at radius 1 is 1.26 bits per heavy atom. The molecule has 1 unspecified atom stereocenters. The molecule has 1 aromatic rings. The summed E-state index contributed by atoms with van der Waals surface area (Å²) in [5.74, 6) is 1.34. The molecule has 1 N–H and O–H groups in total. The zero-order valence-corrected chi connectivity index (χ0v) is 15.3. The summed E-state index contributed by atoms with van der Waals surface area (Å²) in [6.07, 6.45) is 9.55. The number of hydrogen-bond donors (Lipinski definition) is 1. The molecule has 23 heavy (non-hydrogen) atoms. The van der Waals surface area contributed by atoms with Crippen molar-refractivity contribution in [3.63, 3.8) is 0 Å². The second-order valence-corrected chi connectivity index (χ2v) is 7.32. The van der Waals surface area contributed by atoms with Gasteiger partial charge in [-0.05, 0) is 81.2 Å². The van der Waals surface area contributed by atoms with Crippen LogP contribution in [0.1, 0.15) is 75.5 Å². The molecule has 0 fully saturated rings. The first-order valence-corrected chi connectivity index (χ1v) is 9.09. The quantitative estimate of drug-likeness (QED) is 0.473. The Kier molecular flexibility index (Phi) is 6.10. The van der Waals surface area contributed by atoms with E-state index in [2.05, 4.69) is 40.3 Å². The van der Waals surface area contributed by atoms with Crippen molar-refractivity contribution < 1.29 is 5.11 Å². The van der Waals surface area contributed by atoms with Crippen molar-refractivity contribution in [2.45, 2.75) is 72.1 Å². The summed E-state index contributed by atoms with van der Waals surface area (Å²) in [6.45, 7) is 13.0. The van der Waals surface area contributed by atoms with E-state index in [1.54, 1.807) is 0 Å². The van der Waals surface area contributed by atoms with Crippen LogP contribution in [0.15, 0.2) is 35.9 Å². The fourth-order valence-electron chi connectivity index (χ4n) is 4.01. The maximum Gasteiger partial charge on any atom is 0.116 e. The third-order valence-electron chi connectivity index (χ3n) is 5.22. The number of phenolic OH excluding ortho intramolecular Hbond substituents is 1. The van der Waals surface area contributed by atoms with Gasteiger partial charge < -0.3 is 5.11 Å². The Labute approximate surface area is 142 Å². The topological polar surface area (TPSA) is 20.2 Å². The van der Waals surface area contributed by atoms with E-state index in [-0.39, 0.29) is 0 Å². The summed E-state index contributed by atoms with van der Waals surface area (Å²) < 4.78 is 0. The van der Waals surface area contributed by atoms with Crippen molar-refractivity contribution in [2.24, 2.45) is 5.92 Å². The van der Waals surface area contributed by atoms with E-state index in [0.717, 1.165) is 6.42 Å². The van der Waals surface area contributed by atoms with Gasteiger partial charge >= 0.3 is 0 Å². The molecule has 0 saturated carbocycles. The Balaban J connectivity index is 2.46. The highest BCUT2D eigenvalue weighted by Gasteiger charge is 2.28. The zero-order valence-electron chi connectivity index (χ0n) is 15.3. The van der Waals surface area contributed by atoms with E-state index < -0.39 is 0 Å². The molecule has 0 saturated heterocycles. The van der Waals surface area contributed by atoms with Crippen LogP contribution in [0.5, 0.6) is 5.75 Å². The summed E-state index contributed by atoms with van der Waals surface area (Å²) >= 11 is 0. The highest BCUT2D eigenvalue weighted by molar-refractivity contribution is 5.46. The predicted molar refractivity (Wildman–Crippen MR) is 100 cm³/mol. The van der Waals surface area contributed by atoms with Gasteiger partial charge in [0.05, 0.1) is 0 Å². The van der Waals surface area contributed by atoms with Gasteiger partial charge in [-0.25, -0.2) is 0 Å². The molecule has 1 aliphatic carbocycles. The number of phenols is 1. The largest absolute Gasteiger partial charge is 0.508 e. The van der Waals surface area contributed by atoms with E-state index in [1.165, 1.54) is 59.9 Å². The lowest BCUT2D eigenvalue weighted by Gasteiger charge is -2.33. The molecule has 126 valence electrons. The molecule has 0 bridgehead atoms. The normalized spacial score (nSPS) is 21.1. The van der Waals surface area contributed by atoms with Gasteiger partial charge in [0.2, 0.25) is 0 Å². The van der Waals surface area contributed by atoms with Crippen molar-refractivity contribution in [1.29, 1.82) is 0 Å². The summed E-state index contributed by atoms with van der Waals surface area (Å²) in [7, 11) is 0. The number of hydrogen-bond acceptors (Lipinski definition) is 1. The van der Waals surface area contributed by atoms with Gasteiger partial charge in [-0.1, -0.05) is 43.6 Å². The van der Waals surface area contributed by atoms with Crippen LogP contribution in [-0.4, -0.2) is 5.11 Å². The first-order valence-electron chi connectivity index (χ1n) is 9.09. The zero-order chi connectivity index (χ0) is 17.0. The van der Waals surface area contributed by atoms with Crippen LogP contribution in [-0.2, 0) is 6.42 Å². The number of aryl methyl sites for hydroxylation is 2. The van der Waals surface area contributed by atoms with Gasteiger partial charge in [0, 0.05) is 5.92 Å². The van der Waals surface area contributed by atoms with Crippen molar-refractivity contribution >= 4 is 0 Å². The van der Waals surface area contributed by atoms with Crippen molar-refractivity contribution in [3.05, 3.63) is 52.6 Å². The number of benzene rings is 1. The van der Waals surface area contributed by atoms with Crippen LogP contribution in [0, 0.1) is 12.8 Å². The second-order valence-electron chi connectivity index (χ2n) is 7.32. The Bertz CT molecular complexity index is 594. The molecule has 0 aromatic heterocycles. The van der Waals surface area contributed by atoms with E-state index in [9.17, 15) is 5.11 Å². The molecular weight excluding hydrogens is 280 g/mol. The molecule has 0 amide bonds. The third-order valence-corrected chi connectivity index (χ3v) is 5.22. The molecule has 0 heterocycles. The monoisotopic (exact) mass is 312 g/mol. The van der Waals surface area contributed by atoms with Crippen molar-refractivity contribution in [3.8, 4) is 5.75 Å². The van der Waals surface area contributed by atoms with Crippen molar-refractivity contribution in [2.75, 3.05) is 0 Å². The highest BCUT2D eigenvalue weighted by Crippen LogP contribution is 2.43. The molecule has 2 atom stereocenters. The second kappa shape index (κ2) is 7.86. The van der Waals surface area contributed by atoms with Crippen LogP contribution >= 0.6 is 0 Å². The van der Waals surface area contributed by atoms with Crippen LogP contribution < -0.4 is 0 Å². The minimum atomic E-state index is 0.404. The van der Waals surface area contributed by atoms with E-state index in [0.29, 0.717) is 17.6 Å². The first kappa shape index (κ1) is 17.8. The number of allylic oxidation sites excluding steroid dienone is 3. The van der Waals surface area contributed by atoms with Crippen LogP contribution in [0.4, 0.5) is 0 Å². The number of unbranched alkanes of at least 4 members (excludes halogenated alkanes) is 2. The summed E-state index contributed by atoms with van der Waals surface area (Å²) in [6, 6.07) is 3.91. The lowest BCUT2D eigenvalue weighted by molar-refractivity contribution is 0.465. The molecule has 0 spiro atoms. The summed E-state index contributed by atoms with van der Waals surface area (Å²) in [5.41, 5.74) is 6.76. The number of aromatic hydroxyl groups is 1. The Morgan fingerprint density at radius 3 is 2.65 bits per heavy atom. The molecular formula is C22H32O. The van der Waals surface area contributed by atoms with Crippen molar-refractivity contribution in [1.82, 2.24) is 0 Å². The minimum absolute atomic E-state index is 0.404. The molecule has 1 heteroatoms. The first-order chi connectivity index (χ1) is 10.9. The van der Waals surface area contributed by atoms with Crippen LogP contribution in [0.2, 0.25) is 0 Å². The van der Waals surface area contributed by atoms with Gasteiger partial charge in [0.25, 0.3) is 0 Å². The molecule has 2 rings (SSSR count). The molecule has 1 aliphatic rings. The molecule has 0 aliphatic heterocycles. The highest BCUT2D eigenvalue weighted by atomic mass is 16.3. The average Bonchev–Trinajstić information content (AvgIpc) is 2.46. The standard InChI is InChI=1S/C22H32O/c1-6-7-8-9-18-14-19(23)13-17(5)22(18)21-12-16(4)10-11-20(21)15(2)3/h12-14,20-21,23H,2,6-11H2,1,3-5H3/t20?,21-/m1/s1. The van der Waals surface area contributed by atoms with E-state index in [1.807, 2.05) is 12.1 Å². The fraction of sp³-hybridized carbons (Fsp3) is 0.545. The summed E-state index contributed by atoms with van der Waals surface area (Å²) in [5, 5.41) is 10.1.